The molecular weight excluding hydrogens is 391 g/mol. The number of carbonyl (C=O) groups excluding carboxylic acids is 2. The normalized spacial score (nSPS) is 14.9. The van der Waals surface area contributed by atoms with Gasteiger partial charge in [-0.05, 0) is 23.3 Å². The van der Waals surface area contributed by atoms with Gasteiger partial charge in [0.05, 0.1) is 29.2 Å². The number of hydrogen-bond donors (Lipinski definition) is 1. The number of hydrogen-bond acceptors (Lipinski definition) is 4. The van der Waals surface area contributed by atoms with Crippen molar-refractivity contribution in [1.82, 2.24) is 4.90 Å². The fourth-order valence-electron chi connectivity index (χ4n) is 2.87. The minimum atomic E-state index is -4.51. The maximum absolute atomic E-state index is 12.9. The number of rotatable bonds is 6. The van der Waals surface area contributed by atoms with Crippen molar-refractivity contribution < 1.29 is 27.9 Å². The molecule has 8 heteroatoms. The van der Waals surface area contributed by atoms with Gasteiger partial charge >= 0.3 is 6.18 Å². The first kappa shape index (κ1) is 20.2. The van der Waals surface area contributed by atoms with Gasteiger partial charge in [-0.15, -0.1) is 11.8 Å². The fraction of sp³-hybridized carbons (Fsp3) is 0.200. The Balaban J connectivity index is 1.93. The van der Waals surface area contributed by atoms with E-state index in [1.165, 1.54) is 12.1 Å². The van der Waals surface area contributed by atoms with Crippen LogP contribution in [0, 0.1) is 0 Å². The summed E-state index contributed by atoms with van der Waals surface area (Å²) >= 11 is 1.06. The smallest absolute Gasteiger partial charge is 0.396 e. The van der Waals surface area contributed by atoms with Crippen LogP contribution in [0.1, 0.15) is 16.7 Å². The summed E-state index contributed by atoms with van der Waals surface area (Å²) in [5.74, 6) is -0.906. The SMILES string of the molecule is O=C1C(SCCO)=C(c2ccccc2)C(=O)N1Cc1cccc(C(F)(F)F)c1. The first-order valence-corrected chi connectivity index (χ1v) is 9.37. The van der Waals surface area contributed by atoms with Crippen LogP contribution in [0.5, 0.6) is 0 Å². The van der Waals surface area contributed by atoms with Crippen molar-refractivity contribution >= 4 is 29.1 Å². The predicted octanol–water partition coefficient (Wildman–Crippen LogP) is 3.71. The minimum Gasteiger partial charge on any atom is -0.396 e. The van der Waals surface area contributed by atoms with Gasteiger partial charge in [-0.25, -0.2) is 0 Å². The molecule has 0 radical (unpaired) electrons. The van der Waals surface area contributed by atoms with E-state index in [1.54, 1.807) is 30.3 Å². The number of amides is 2. The topological polar surface area (TPSA) is 57.6 Å². The summed E-state index contributed by atoms with van der Waals surface area (Å²) in [5, 5.41) is 9.08. The average Bonchev–Trinajstić information content (AvgIpc) is 2.91. The Morgan fingerprint density at radius 1 is 0.964 bits per heavy atom. The Labute approximate surface area is 163 Å². The van der Waals surface area contributed by atoms with Crippen molar-refractivity contribution in [1.29, 1.82) is 0 Å². The maximum atomic E-state index is 12.9. The zero-order chi connectivity index (χ0) is 20.3. The van der Waals surface area contributed by atoms with Crippen LogP contribution in [0.3, 0.4) is 0 Å². The second kappa shape index (κ2) is 8.20. The summed E-state index contributed by atoms with van der Waals surface area (Å²) in [6.07, 6.45) is -4.51. The van der Waals surface area contributed by atoms with Crippen molar-refractivity contribution in [3.05, 3.63) is 76.2 Å². The monoisotopic (exact) mass is 407 g/mol. The number of nitrogens with zero attached hydrogens (tertiary/aromatic N) is 1. The summed E-state index contributed by atoms with van der Waals surface area (Å²) in [4.78, 5) is 26.9. The minimum absolute atomic E-state index is 0.175. The molecule has 146 valence electrons. The molecule has 0 spiro atoms. The summed E-state index contributed by atoms with van der Waals surface area (Å²) in [7, 11) is 0. The number of aliphatic hydroxyl groups excluding tert-OH is 1. The quantitative estimate of drug-likeness (QED) is 0.742. The fourth-order valence-corrected chi connectivity index (χ4v) is 3.75. The lowest BCUT2D eigenvalue weighted by atomic mass is 10.1. The van der Waals surface area contributed by atoms with Crippen LogP contribution in [0.2, 0.25) is 0 Å². The zero-order valence-electron chi connectivity index (χ0n) is 14.6. The van der Waals surface area contributed by atoms with E-state index in [-0.39, 0.29) is 34.9 Å². The molecule has 2 amide bonds. The van der Waals surface area contributed by atoms with Crippen LogP contribution in [-0.2, 0) is 22.3 Å². The number of imide groups is 1. The Kier molecular flexibility index (Phi) is 5.90. The molecule has 2 aromatic rings. The molecule has 0 unspecified atom stereocenters. The molecule has 2 aromatic carbocycles. The van der Waals surface area contributed by atoms with Gasteiger partial charge in [0, 0.05) is 5.75 Å². The zero-order valence-corrected chi connectivity index (χ0v) is 15.4. The molecule has 0 bridgehead atoms. The number of aliphatic hydroxyl groups is 1. The van der Waals surface area contributed by atoms with E-state index in [9.17, 15) is 22.8 Å². The Morgan fingerprint density at radius 3 is 2.32 bits per heavy atom. The van der Waals surface area contributed by atoms with Crippen molar-refractivity contribution in [2.75, 3.05) is 12.4 Å². The lowest BCUT2D eigenvalue weighted by molar-refractivity contribution is -0.137. The highest BCUT2D eigenvalue weighted by Gasteiger charge is 2.39. The van der Waals surface area contributed by atoms with Gasteiger partial charge in [0.15, 0.2) is 0 Å². The van der Waals surface area contributed by atoms with E-state index in [2.05, 4.69) is 0 Å². The van der Waals surface area contributed by atoms with Crippen molar-refractivity contribution in [2.45, 2.75) is 12.7 Å². The molecule has 1 heterocycles. The third-order valence-corrected chi connectivity index (χ3v) is 5.17. The highest BCUT2D eigenvalue weighted by molar-refractivity contribution is 8.04. The number of carbonyl (C=O) groups is 2. The molecule has 0 fully saturated rings. The third kappa shape index (κ3) is 4.13. The van der Waals surface area contributed by atoms with Crippen LogP contribution in [0.15, 0.2) is 59.5 Å². The molecule has 0 saturated carbocycles. The standard InChI is InChI=1S/C20H16F3NO3S/c21-20(22,23)15-8-4-5-13(11-15)12-24-18(26)16(14-6-2-1-3-7-14)17(19(24)27)28-10-9-25/h1-8,11,25H,9-10,12H2. The highest BCUT2D eigenvalue weighted by atomic mass is 32.2. The van der Waals surface area contributed by atoms with Gasteiger partial charge in [-0.3, -0.25) is 14.5 Å². The molecule has 1 aliphatic rings. The number of alkyl halides is 3. The first-order chi connectivity index (χ1) is 13.3. The number of thioether (sulfide) groups is 1. The van der Waals surface area contributed by atoms with Gasteiger partial charge < -0.3 is 5.11 Å². The van der Waals surface area contributed by atoms with E-state index < -0.39 is 23.6 Å². The van der Waals surface area contributed by atoms with Gasteiger partial charge in [-0.1, -0.05) is 42.5 Å². The van der Waals surface area contributed by atoms with E-state index in [4.69, 9.17) is 5.11 Å². The number of halogens is 3. The summed E-state index contributed by atoms with van der Waals surface area (Å²) in [5.41, 5.74) is 0.122. The molecule has 0 aliphatic carbocycles. The highest BCUT2D eigenvalue weighted by Crippen LogP contribution is 2.37. The first-order valence-electron chi connectivity index (χ1n) is 8.38. The molecule has 1 aliphatic heterocycles. The molecule has 4 nitrogen and oxygen atoms in total. The average molecular weight is 407 g/mol. The van der Waals surface area contributed by atoms with Gasteiger partial charge in [0.25, 0.3) is 11.8 Å². The van der Waals surface area contributed by atoms with E-state index in [0.29, 0.717) is 5.56 Å². The summed E-state index contributed by atoms with van der Waals surface area (Å²) in [6, 6.07) is 13.2. The second-order valence-electron chi connectivity index (χ2n) is 6.04. The molecular formula is C20H16F3NO3S. The van der Waals surface area contributed by atoms with Crippen molar-refractivity contribution in [3.8, 4) is 0 Å². The van der Waals surface area contributed by atoms with Gasteiger partial charge in [0.1, 0.15) is 0 Å². The van der Waals surface area contributed by atoms with Crippen molar-refractivity contribution in [3.63, 3.8) is 0 Å². The lowest BCUT2D eigenvalue weighted by Gasteiger charge is -2.16. The third-order valence-electron chi connectivity index (χ3n) is 4.12. The van der Waals surface area contributed by atoms with Crippen molar-refractivity contribution in [2.24, 2.45) is 0 Å². The molecule has 3 rings (SSSR count). The van der Waals surface area contributed by atoms with Crippen LogP contribution >= 0.6 is 11.8 Å². The number of benzene rings is 2. The molecule has 0 saturated heterocycles. The Bertz CT molecular complexity index is 926. The largest absolute Gasteiger partial charge is 0.416 e. The molecule has 0 aromatic heterocycles. The Morgan fingerprint density at radius 2 is 1.68 bits per heavy atom. The van der Waals surface area contributed by atoms with Crippen LogP contribution < -0.4 is 0 Å². The maximum Gasteiger partial charge on any atom is 0.416 e. The summed E-state index contributed by atoms with van der Waals surface area (Å²) in [6.45, 7) is -0.438. The summed E-state index contributed by atoms with van der Waals surface area (Å²) < 4.78 is 38.8. The van der Waals surface area contributed by atoms with Gasteiger partial charge in [0.2, 0.25) is 0 Å². The second-order valence-corrected chi connectivity index (χ2v) is 7.14. The van der Waals surface area contributed by atoms with E-state index in [0.717, 1.165) is 28.8 Å². The molecule has 0 atom stereocenters. The predicted molar refractivity (Wildman–Crippen MR) is 99.9 cm³/mol. The van der Waals surface area contributed by atoms with Crippen LogP contribution in [0.4, 0.5) is 13.2 Å². The van der Waals surface area contributed by atoms with Gasteiger partial charge in [-0.2, -0.15) is 13.2 Å². The van der Waals surface area contributed by atoms with E-state index >= 15 is 0 Å². The van der Waals surface area contributed by atoms with Crippen LogP contribution in [-0.4, -0.2) is 34.2 Å². The van der Waals surface area contributed by atoms with E-state index in [1.807, 2.05) is 0 Å². The molecule has 28 heavy (non-hydrogen) atoms. The van der Waals surface area contributed by atoms with Crippen LogP contribution in [0.25, 0.3) is 5.57 Å². The Hall–Kier alpha value is -2.58. The lowest BCUT2D eigenvalue weighted by Crippen LogP contribution is -2.31. The molecule has 1 N–H and O–H groups in total.